The highest BCUT2D eigenvalue weighted by Gasteiger charge is 2.31. The fourth-order valence-electron chi connectivity index (χ4n) is 3.81. The molecule has 0 aliphatic carbocycles. The first-order valence-electron chi connectivity index (χ1n) is 9.64. The van der Waals surface area contributed by atoms with Gasteiger partial charge in [-0.2, -0.15) is 0 Å². The number of ketones is 1. The molecule has 1 N–H and O–H groups in total. The van der Waals surface area contributed by atoms with Crippen molar-refractivity contribution < 1.29 is 23.5 Å². The number of hydrogen-bond donors (Lipinski definition) is 1. The van der Waals surface area contributed by atoms with E-state index in [9.17, 15) is 18.8 Å². The van der Waals surface area contributed by atoms with E-state index in [0.717, 1.165) is 25.5 Å². The molecule has 0 aromatic heterocycles. The van der Waals surface area contributed by atoms with Gasteiger partial charge in [0.05, 0.1) is 13.7 Å². The molecule has 7 nitrogen and oxygen atoms in total. The summed E-state index contributed by atoms with van der Waals surface area (Å²) in [5.41, 5.74) is 0.231. The van der Waals surface area contributed by atoms with Crippen LogP contribution in [0.1, 0.15) is 36.0 Å². The summed E-state index contributed by atoms with van der Waals surface area (Å²) in [6.07, 6.45) is 1.83. The van der Waals surface area contributed by atoms with E-state index in [4.69, 9.17) is 4.74 Å². The van der Waals surface area contributed by atoms with Crippen molar-refractivity contribution >= 4 is 17.6 Å². The molecule has 0 bridgehead atoms. The van der Waals surface area contributed by atoms with E-state index in [-0.39, 0.29) is 47.8 Å². The number of Topliss-reactive ketones (excluding diaryl/α,β-unsaturated/α-hetero) is 1. The number of rotatable bonds is 6. The van der Waals surface area contributed by atoms with Gasteiger partial charge in [-0.05, 0) is 31.0 Å². The summed E-state index contributed by atoms with van der Waals surface area (Å²) in [7, 11) is 1.36. The van der Waals surface area contributed by atoms with E-state index in [1.54, 1.807) is 4.90 Å². The second-order valence-electron chi connectivity index (χ2n) is 7.17. The van der Waals surface area contributed by atoms with E-state index >= 15 is 0 Å². The number of methoxy groups -OCH3 is 1. The van der Waals surface area contributed by atoms with Crippen molar-refractivity contribution in [2.24, 2.45) is 0 Å². The molecule has 1 aromatic carbocycles. The first-order valence-corrected chi connectivity index (χ1v) is 9.64. The van der Waals surface area contributed by atoms with Crippen molar-refractivity contribution in [1.82, 2.24) is 15.1 Å². The molecule has 1 aromatic rings. The molecule has 0 spiro atoms. The minimum absolute atomic E-state index is 0.0261. The summed E-state index contributed by atoms with van der Waals surface area (Å²) in [5, 5.41) is 3.05. The number of nitrogens with zero attached hydrogens (tertiary/aromatic N) is 2. The molecule has 0 saturated carbocycles. The third-order valence-corrected chi connectivity index (χ3v) is 5.36. The molecule has 8 heteroatoms. The maximum Gasteiger partial charge on any atom is 0.236 e. The molecule has 2 heterocycles. The van der Waals surface area contributed by atoms with Gasteiger partial charge < -0.3 is 19.9 Å². The number of hydrogen-bond acceptors (Lipinski definition) is 5. The SMILES string of the molecule is COc1ccc(C(=O)CCC(=O)N2CCCC(N3CCNCC3=O)C2)cc1F. The van der Waals surface area contributed by atoms with Crippen LogP contribution in [-0.4, -0.2) is 73.3 Å². The van der Waals surface area contributed by atoms with Gasteiger partial charge in [-0.3, -0.25) is 14.4 Å². The van der Waals surface area contributed by atoms with Crippen molar-refractivity contribution in [3.05, 3.63) is 29.6 Å². The summed E-state index contributed by atoms with van der Waals surface area (Å²) < 4.78 is 18.6. The highest BCUT2D eigenvalue weighted by atomic mass is 19.1. The minimum Gasteiger partial charge on any atom is -0.494 e. The Kier molecular flexibility index (Phi) is 6.61. The first-order chi connectivity index (χ1) is 13.5. The van der Waals surface area contributed by atoms with Crippen LogP contribution in [0.4, 0.5) is 4.39 Å². The molecule has 152 valence electrons. The number of piperidine rings is 1. The number of carbonyl (C=O) groups is 3. The molecule has 1 atom stereocenters. The zero-order valence-electron chi connectivity index (χ0n) is 16.1. The average Bonchev–Trinajstić information content (AvgIpc) is 2.72. The third kappa shape index (κ3) is 4.67. The lowest BCUT2D eigenvalue weighted by molar-refractivity contribution is -0.140. The smallest absolute Gasteiger partial charge is 0.236 e. The van der Waals surface area contributed by atoms with Crippen molar-refractivity contribution in [2.45, 2.75) is 31.7 Å². The van der Waals surface area contributed by atoms with Crippen molar-refractivity contribution in [3.8, 4) is 5.75 Å². The zero-order chi connectivity index (χ0) is 20.1. The fraction of sp³-hybridized carbons (Fsp3) is 0.550. The van der Waals surface area contributed by atoms with Crippen LogP contribution in [0.25, 0.3) is 0 Å². The van der Waals surface area contributed by atoms with Gasteiger partial charge in [0.2, 0.25) is 11.8 Å². The quantitative estimate of drug-likeness (QED) is 0.738. The molecule has 2 aliphatic rings. The lowest BCUT2D eigenvalue weighted by Gasteiger charge is -2.41. The molecular weight excluding hydrogens is 365 g/mol. The summed E-state index contributed by atoms with van der Waals surface area (Å²) in [6.45, 7) is 2.92. The van der Waals surface area contributed by atoms with Crippen molar-refractivity contribution in [3.63, 3.8) is 0 Å². The monoisotopic (exact) mass is 391 g/mol. The topological polar surface area (TPSA) is 79.0 Å². The second-order valence-corrected chi connectivity index (χ2v) is 7.17. The molecule has 28 heavy (non-hydrogen) atoms. The van der Waals surface area contributed by atoms with E-state index in [2.05, 4.69) is 5.32 Å². The first kappa shape index (κ1) is 20.3. The number of ether oxygens (including phenoxy) is 1. The number of halogens is 1. The Morgan fingerprint density at radius 3 is 2.82 bits per heavy atom. The van der Waals surface area contributed by atoms with Gasteiger partial charge in [0.1, 0.15) is 0 Å². The van der Waals surface area contributed by atoms with Gasteiger partial charge in [0.15, 0.2) is 17.3 Å². The summed E-state index contributed by atoms with van der Waals surface area (Å²) in [5.74, 6) is -0.827. The van der Waals surface area contributed by atoms with Crippen LogP contribution in [0.3, 0.4) is 0 Å². The Morgan fingerprint density at radius 2 is 2.11 bits per heavy atom. The van der Waals surface area contributed by atoms with Crippen LogP contribution in [-0.2, 0) is 9.59 Å². The van der Waals surface area contributed by atoms with E-state index in [1.165, 1.54) is 19.2 Å². The summed E-state index contributed by atoms with van der Waals surface area (Å²) in [6, 6.07) is 4.09. The third-order valence-electron chi connectivity index (χ3n) is 5.36. The van der Waals surface area contributed by atoms with E-state index < -0.39 is 5.82 Å². The molecular formula is C20H26FN3O4. The van der Waals surface area contributed by atoms with Crippen molar-refractivity contribution in [2.75, 3.05) is 39.8 Å². The van der Waals surface area contributed by atoms with Crippen molar-refractivity contribution in [1.29, 1.82) is 0 Å². The fourth-order valence-corrected chi connectivity index (χ4v) is 3.81. The van der Waals surface area contributed by atoms with Crippen LogP contribution < -0.4 is 10.1 Å². The van der Waals surface area contributed by atoms with Gasteiger partial charge >= 0.3 is 0 Å². The molecule has 0 radical (unpaired) electrons. The van der Waals surface area contributed by atoms with Crippen LogP contribution in [0.5, 0.6) is 5.75 Å². The molecule has 1 unspecified atom stereocenters. The zero-order valence-corrected chi connectivity index (χ0v) is 16.1. The normalized spacial score (nSPS) is 20.2. The van der Waals surface area contributed by atoms with Crippen LogP contribution >= 0.6 is 0 Å². The minimum atomic E-state index is -0.598. The number of likely N-dealkylation sites (tertiary alicyclic amines) is 1. The maximum atomic E-state index is 13.8. The lowest BCUT2D eigenvalue weighted by Crippen LogP contribution is -2.57. The average molecular weight is 391 g/mol. The second kappa shape index (κ2) is 9.14. The number of carbonyl (C=O) groups excluding carboxylic acids is 3. The Labute approximate surface area is 163 Å². The van der Waals surface area contributed by atoms with E-state index in [1.807, 2.05) is 4.90 Å². The molecule has 2 amide bonds. The van der Waals surface area contributed by atoms with Crippen LogP contribution in [0.2, 0.25) is 0 Å². The Balaban J connectivity index is 1.53. The Hall–Kier alpha value is -2.48. The van der Waals surface area contributed by atoms with Crippen LogP contribution in [0, 0.1) is 5.82 Å². The maximum absolute atomic E-state index is 13.8. The predicted molar refractivity (Wildman–Crippen MR) is 101 cm³/mol. The number of piperazine rings is 1. The lowest BCUT2D eigenvalue weighted by atomic mass is 10.0. The van der Waals surface area contributed by atoms with E-state index in [0.29, 0.717) is 26.2 Å². The standard InChI is InChI=1S/C20H26FN3O4/c1-28-18-6-4-14(11-16(18)21)17(25)5-7-19(26)23-9-2-3-15(13-23)24-10-8-22-12-20(24)27/h4,6,11,15,22H,2-3,5,7-10,12-13H2,1H3. The number of nitrogens with one attached hydrogen (secondary N) is 1. The molecule has 3 rings (SSSR count). The molecule has 2 aliphatic heterocycles. The number of amides is 2. The van der Waals surface area contributed by atoms with Gasteiger partial charge in [0, 0.05) is 50.6 Å². The Bertz CT molecular complexity index is 755. The van der Waals surface area contributed by atoms with Gasteiger partial charge in [-0.1, -0.05) is 0 Å². The predicted octanol–water partition coefficient (Wildman–Crippen LogP) is 1.22. The molecule has 2 fully saturated rings. The van der Waals surface area contributed by atoms with Gasteiger partial charge in [-0.25, -0.2) is 4.39 Å². The largest absolute Gasteiger partial charge is 0.494 e. The van der Waals surface area contributed by atoms with Gasteiger partial charge in [0.25, 0.3) is 0 Å². The highest BCUT2D eigenvalue weighted by Crippen LogP contribution is 2.20. The number of benzene rings is 1. The summed E-state index contributed by atoms with van der Waals surface area (Å²) in [4.78, 5) is 40.6. The molecule has 2 saturated heterocycles. The van der Waals surface area contributed by atoms with Crippen LogP contribution in [0.15, 0.2) is 18.2 Å². The van der Waals surface area contributed by atoms with Gasteiger partial charge in [-0.15, -0.1) is 0 Å². The highest BCUT2D eigenvalue weighted by molar-refractivity contribution is 5.98. The Morgan fingerprint density at radius 1 is 1.29 bits per heavy atom. The summed E-state index contributed by atoms with van der Waals surface area (Å²) >= 11 is 0.